The highest BCUT2D eigenvalue weighted by atomic mass is 32.2. The summed E-state index contributed by atoms with van der Waals surface area (Å²) < 4.78 is 33.0. The maximum atomic E-state index is 12.9. The number of hydrogen-bond donors (Lipinski definition) is 1. The zero-order valence-electron chi connectivity index (χ0n) is 16.5. The van der Waals surface area contributed by atoms with E-state index in [0.717, 1.165) is 12.8 Å². The predicted molar refractivity (Wildman–Crippen MR) is 107 cm³/mol. The largest absolute Gasteiger partial charge is 0.419 e. The first-order valence-corrected chi connectivity index (χ1v) is 11.0. The normalized spacial score (nSPS) is 18.2. The highest BCUT2D eigenvalue weighted by molar-refractivity contribution is 7.89. The monoisotopic (exact) mass is 402 g/mol. The molecule has 0 saturated carbocycles. The van der Waals surface area contributed by atoms with Crippen molar-refractivity contribution in [1.29, 1.82) is 5.26 Å². The molecule has 8 heteroatoms. The zero-order valence-corrected chi connectivity index (χ0v) is 17.3. The Morgan fingerprint density at radius 3 is 2.68 bits per heavy atom. The third-order valence-electron chi connectivity index (χ3n) is 4.76. The lowest BCUT2D eigenvalue weighted by molar-refractivity contribution is 0.281. The van der Waals surface area contributed by atoms with Crippen molar-refractivity contribution in [1.82, 2.24) is 9.29 Å². The molecule has 1 aliphatic rings. The van der Waals surface area contributed by atoms with Gasteiger partial charge in [0.1, 0.15) is 6.07 Å². The molecule has 2 aromatic rings. The molecule has 28 heavy (non-hydrogen) atoms. The highest BCUT2D eigenvalue weighted by Gasteiger charge is 2.28. The minimum absolute atomic E-state index is 0.189. The van der Waals surface area contributed by atoms with Crippen LogP contribution in [0, 0.1) is 23.2 Å². The van der Waals surface area contributed by atoms with Crippen LogP contribution >= 0.6 is 0 Å². The number of rotatable bonds is 6. The van der Waals surface area contributed by atoms with Gasteiger partial charge in [-0.25, -0.2) is 8.42 Å². The lowest BCUT2D eigenvalue weighted by Crippen LogP contribution is -2.39. The third kappa shape index (κ3) is 4.37. The van der Waals surface area contributed by atoms with Crippen molar-refractivity contribution in [2.75, 3.05) is 25.0 Å². The smallest absolute Gasteiger partial charge is 0.243 e. The molecular weight excluding hydrogens is 376 g/mol. The number of oxazole rings is 1. The molecule has 3 rings (SSSR count). The summed E-state index contributed by atoms with van der Waals surface area (Å²) in [5.41, 5.74) is 0.815. The first kappa shape index (κ1) is 20.4. The van der Waals surface area contributed by atoms with Crippen molar-refractivity contribution in [2.24, 2.45) is 11.8 Å². The molecule has 1 aromatic carbocycles. The fraction of sp³-hybridized carbons (Fsp3) is 0.500. The number of piperidine rings is 1. The molecule has 0 amide bonds. The maximum absolute atomic E-state index is 12.9. The van der Waals surface area contributed by atoms with Gasteiger partial charge in [0.15, 0.2) is 0 Å². The minimum atomic E-state index is -3.50. The van der Waals surface area contributed by atoms with Crippen molar-refractivity contribution < 1.29 is 12.8 Å². The average molecular weight is 403 g/mol. The molecule has 1 aromatic heterocycles. The minimum Gasteiger partial charge on any atom is -0.419 e. The van der Waals surface area contributed by atoms with E-state index in [0.29, 0.717) is 48.8 Å². The molecule has 1 atom stereocenters. The van der Waals surface area contributed by atoms with E-state index in [1.807, 2.05) is 6.07 Å². The van der Waals surface area contributed by atoms with Crippen molar-refractivity contribution in [2.45, 2.75) is 38.5 Å². The van der Waals surface area contributed by atoms with Crippen LogP contribution in [0.4, 0.5) is 5.88 Å². The van der Waals surface area contributed by atoms with Gasteiger partial charge >= 0.3 is 0 Å². The lowest BCUT2D eigenvalue weighted by atomic mass is 10.0. The van der Waals surface area contributed by atoms with Crippen LogP contribution in [0.25, 0.3) is 11.5 Å². The Morgan fingerprint density at radius 1 is 1.36 bits per heavy atom. The molecule has 150 valence electrons. The topological polar surface area (TPSA) is 99.2 Å². The number of aromatic nitrogens is 1. The fourth-order valence-corrected chi connectivity index (χ4v) is 4.82. The van der Waals surface area contributed by atoms with Gasteiger partial charge in [-0.1, -0.05) is 20.8 Å². The molecule has 0 unspecified atom stereocenters. The fourth-order valence-electron chi connectivity index (χ4n) is 3.22. The Balaban J connectivity index is 1.82. The van der Waals surface area contributed by atoms with E-state index >= 15 is 0 Å². The summed E-state index contributed by atoms with van der Waals surface area (Å²) >= 11 is 0. The van der Waals surface area contributed by atoms with Gasteiger partial charge in [0.25, 0.3) is 0 Å². The van der Waals surface area contributed by atoms with Gasteiger partial charge in [0.05, 0.1) is 4.90 Å². The second-order valence-corrected chi connectivity index (χ2v) is 9.66. The number of benzene rings is 1. The summed E-state index contributed by atoms with van der Waals surface area (Å²) in [5.74, 6) is 1.39. The Morgan fingerprint density at radius 2 is 2.07 bits per heavy atom. The Hall–Kier alpha value is -2.37. The van der Waals surface area contributed by atoms with Gasteiger partial charge in [-0.15, -0.1) is 0 Å². The number of nitrogens with zero attached hydrogens (tertiary/aromatic N) is 3. The van der Waals surface area contributed by atoms with Crippen molar-refractivity contribution in [3.05, 3.63) is 30.0 Å². The molecule has 0 radical (unpaired) electrons. The van der Waals surface area contributed by atoms with Crippen LogP contribution in [-0.2, 0) is 10.0 Å². The van der Waals surface area contributed by atoms with Gasteiger partial charge in [0.2, 0.25) is 27.5 Å². The highest BCUT2D eigenvalue weighted by Crippen LogP contribution is 2.28. The van der Waals surface area contributed by atoms with Crippen molar-refractivity contribution in [3.8, 4) is 17.5 Å². The maximum Gasteiger partial charge on any atom is 0.243 e. The van der Waals surface area contributed by atoms with Crippen molar-refractivity contribution in [3.63, 3.8) is 0 Å². The quantitative estimate of drug-likeness (QED) is 0.791. The molecule has 0 aliphatic carbocycles. The number of anilines is 1. The molecule has 7 nitrogen and oxygen atoms in total. The molecule has 0 spiro atoms. The summed E-state index contributed by atoms with van der Waals surface area (Å²) in [4.78, 5) is 4.48. The summed E-state index contributed by atoms with van der Waals surface area (Å²) in [7, 11) is -3.50. The van der Waals surface area contributed by atoms with Gasteiger partial charge in [-0.2, -0.15) is 14.6 Å². The number of sulfonamides is 1. The van der Waals surface area contributed by atoms with Crippen LogP contribution in [0.2, 0.25) is 0 Å². The summed E-state index contributed by atoms with van der Waals surface area (Å²) in [6.45, 7) is 7.96. The molecular formula is C20H26N4O3S. The number of nitrogens with one attached hydrogen (secondary N) is 1. The van der Waals surface area contributed by atoms with Crippen molar-refractivity contribution >= 4 is 15.9 Å². The van der Waals surface area contributed by atoms with Crippen LogP contribution in [-0.4, -0.2) is 37.3 Å². The third-order valence-corrected chi connectivity index (χ3v) is 6.64. The van der Waals surface area contributed by atoms with E-state index in [1.165, 1.54) is 0 Å². The van der Waals surface area contributed by atoms with Gasteiger partial charge in [-0.05, 0) is 48.9 Å². The van der Waals surface area contributed by atoms with Crippen LogP contribution in [0.15, 0.2) is 33.6 Å². The molecule has 1 saturated heterocycles. The van der Waals surface area contributed by atoms with Crippen LogP contribution in [0.1, 0.15) is 39.3 Å². The van der Waals surface area contributed by atoms with E-state index < -0.39 is 10.0 Å². The second kappa shape index (κ2) is 8.33. The predicted octanol–water partition coefficient (Wildman–Crippen LogP) is 3.70. The molecule has 0 bridgehead atoms. The second-order valence-electron chi connectivity index (χ2n) is 7.72. The van der Waals surface area contributed by atoms with Crippen LogP contribution < -0.4 is 5.32 Å². The van der Waals surface area contributed by atoms with Crippen LogP contribution in [0.3, 0.4) is 0 Å². The summed E-state index contributed by atoms with van der Waals surface area (Å²) in [6.07, 6.45) is 1.95. The van der Waals surface area contributed by atoms with E-state index in [2.05, 4.69) is 31.1 Å². The standard InChI is InChI=1S/C20H26N4O3S/c1-14(2)12-22-20-18(11-21)23-19(27-20)16-6-8-17(9-7-16)28(25,26)24-10-4-5-15(3)13-24/h6-9,14-15,22H,4-5,10,12-13H2,1-3H3/t15-/m1/s1. The Bertz CT molecular complexity index is 958. The van der Waals surface area contributed by atoms with Gasteiger partial charge in [0, 0.05) is 25.2 Å². The molecule has 2 heterocycles. The SMILES string of the molecule is CC(C)CNc1oc(-c2ccc(S(=O)(=O)N3CCC[C@@H](C)C3)cc2)nc1C#N. The first-order valence-electron chi connectivity index (χ1n) is 9.56. The van der Waals surface area contributed by atoms with Gasteiger partial charge in [-0.3, -0.25) is 0 Å². The average Bonchev–Trinajstić information content (AvgIpc) is 3.10. The van der Waals surface area contributed by atoms with E-state index in [9.17, 15) is 13.7 Å². The summed E-state index contributed by atoms with van der Waals surface area (Å²) in [6, 6.07) is 8.50. The Kier molecular flexibility index (Phi) is 6.06. The molecule has 1 fully saturated rings. The van der Waals surface area contributed by atoms with Crippen LogP contribution in [0.5, 0.6) is 0 Å². The number of hydrogen-bond acceptors (Lipinski definition) is 6. The van der Waals surface area contributed by atoms with Gasteiger partial charge < -0.3 is 9.73 Å². The van der Waals surface area contributed by atoms with E-state index in [-0.39, 0.29) is 10.6 Å². The Labute approximate surface area is 166 Å². The van der Waals surface area contributed by atoms with E-state index in [4.69, 9.17) is 4.42 Å². The summed E-state index contributed by atoms with van der Waals surface area (Å²) in [5, 5.41) is 12.3. The first-order chi connectivity index (χ1) is 13.3. The molecule has 1 N–H and O–H groups in total. The lowest BCUT2D eigenvalue weighted by Gasteiger charge is -2.30. The number of nitriles is 1. The van der Waals surface area contributed by atoms with E-state index in [1.54, 1.807) is 28.6 Å². The molecule has 1 aliphatic heterocycles. The zero-order chi connectivity index (χ0) is 20.3.